The molecule has 3 aromatic rings. The summed E-state index contributed by atoms with van der Waals surface area (Å²) in [6.07, 6.45) is 2.44. The van der Waals surface area contributed by atoms with Gasteiger partial charge in [-0.25, -0.2) is 0 Å². The van der Waals surface area contributed by atoms with Crippen LogP contribution in [-0.4, -0.2) is 25.0 Å². The SMILES string of the molecule is CC(Sc1nnc(C2CC2)n1C)c1nnc(-c2cccs2)o1. The summed E-state index contributed by atoms with van der Waals surface area (Å²) in [6.45, 7) is 2.04. The molecule has 0 radical (unpaired) electrons. The van der Waals surface area contributed by atoms with Gasteiger partial charge in [0.15, 0.2) is 5.16 Å². The third-order valence-electron chi connectivity index (χ3n) is 3.61. The van der Waals surface area contributed by atoms with E-state index in [1.807, 2.05) is 31.5 Å². The maximum Gasteiger partial charge on any atom is 0.257 e. The van der Waals surface area contributed by atoms with Crippen molar-refractivity contribution < 1.29 is 4.42 Å². The highest BCUT2D eigenvalue weighted by Crippen LogP contribution is 2.41. The van der Waals surface area contributed by atoms with Gasteiger partial charge in [-0.3, -0.25) is 0 Å². The minimum absolute atomic E-state index is 0.0381. The van der Waals surface area contributed by atoms with E-state index >= 15 is 0 Å². The molecule has 0 spiro atoms. The third kappa shape index (κ3) is 2.56. The maximum absolute atomic E-state index is 5.78. The van der Waals surface area contributed by atoms with Crippen molar-refractivity contribution in [2.24, 2.45) is 7.05 Å². The molecule has 114 valence electrons. The number of aromatic nitrogens is 5. The zero-order valence-electron chi connectivity index (χ0n) is 12.3. The molecule has 0 amide bonds. The van der Waals surface area contributed by atoms with Gasteiger partial charge in [0.25, 0.3) is 5.89 Å². The van der Waals surface area contributed by atoms with Crippen molar-refractivity contribution in [2.75, 3.05) is 0 Å². The first-order chi connectivity index (χ1) is 10.7. The zero-order chi connectivity index (χ0) is 15.1. The monoisotopic (exact) mass is 333 g/mol. The quantitative estimate of drug-likeness (QED) is 0.664. The topological polar surface area (TPSA) is 69.6 Å². The van der Waals surface area contributed by atoms with E-state index in [0.717, 1.165) is 15.9 Å². The molecule has 3 aromatic heterocycles. The van der Waals surface area contributed by atoms with E-state index in [1.54, 1.807) is 23.1 Å². The second-order valence-electron chi connectivity index (χ2n) is 5.36. The third-order valence-corrected chi connectivity index (χ3v) is 5.59. The van der Waals surface area contributed by atoms with Crippen LogP contribution in [0.2, 0.25) is 0 Å². The molecular weight excluding hydrogens is 318 g/mol. The lowest BCUT2D eigenvalue weighted by Gasteiger charge is -2.06. The van der Waals surface area contributed by atoms with Gasteiger partial charge in [-0.15, -0.1) is 31.7 Å². The Morgan fingerprint density at radius 1 is 1.32 bits per heavy atom. The number of nitrogens with zero attached hydrogens (tertiary/aromatic N) is 5. The lowest BCUT2D eigenvalue weighted by molar-refractivity contribution is 0.509. The van der Waals surface area contributed by atoms with Crippen molar-refractivity contribution in [1.82, 2.24) is 25.0 Å². The lowest BCUT2D eigenvalue weighted by Crippen LogP contribution is -1.98. The van der Waals surface area contributed by atoms with Gasteiger partial charge in [-0.1, -0.05) is 17.8 Å². The molecule has 1 atom stereocenters. The highest BCUT2D eigenvalue weighted by molar-refractivity contribution is 7.99. The molecule has 0 N–H and O–H groups in total. The van der Waals surface area contributed by atoms with Gasteiger partial charge in [0, 0.05) is 13.0 Å². The van der Waals surface area contributed by atoms with Crippen molar-refractivity contribution in [2.45, 2.75) is 36.1 Å². The van der Waals surface area contributed by atoms with Crippen LogP contribution >= 0.6 is 23.1 Å². The molecule has 4 rings (SSSR count). The molecule has 0 aromatic carbocycles. The van der Waals surface area contributed by atoms with Crippen LogP contribution in [-0.2, 0) is 7.05 Å². The number of hydrogen-bond acceptors (Lipinski definition) is 7. The Labute approximate surface area is 136 Å². The predicted octanol–water partition coefficient (Wildman–Crippen LogP) is 3.66. The molecule has 0 saturated heterocycles. The number of rotatable bonds is 5. The number of thioether (sulfide) groups is 1. The van der Waals surface area contributed by atoms with Crippen LogP contribution in [0.15, 0.2) is 27.1 Å². The molecule has 22 heavy (non-hydrogen) atoms. The molecule has 1 aliphatic rings. The Bertz CT molecular complexity index is 775. The highest BCUT2D eigenvalue weighted by Gasteiger charge is 2.30. The van der Waals surface area contributed by atoms with Crippen molar-refractivity contribution in [3.8, 4) is 10.8 Å². The van der Waals surface area contributed by atoms with Crippen LogP contribution in [0, 0.1) is 0 Å². The summed E-state index contributed by atoms with van der Waals surface area (Å²) in [5, 5.41) is 19.8. The molecule has 8 heteroatoms. The first-order valence-corrected chi connectivity index (χ1v) is 8.91. The number of hydrogen-bond donors (Lipinski definition) is 0. The molecule has 3 heterocycles. The van der Waals surface area contributed by atoms with Crippen LogP contribution in [0.1, 0.15) is 42.6 Å². The summed E-state index contributed by atoms with van der Waals surface area (Å²) in [4.78, 5) is 0.991. The van der Waals surface area contributed by atoms with Crippen LogP contribution in [0.25, 0.3) is 10.8 Å². The minimum Gasteiger partial charge on any atom is -0.419 e. The van der Waals surface area contributed by atoms with Gasteiger partial charge < -0.3 is 8.98 Å². The van der Waals surface area contributed by atoms with Crippen molar-refractivity contribution in [3.63, 3.8) is 0 Å². The van der Waals surface area contributed by atoms with E-state index in [9.17, 15) is 0 Å². The molecule has 1 aliphatic carbocycles. The van der Waals surface area contributed by atoms with Gasteiger partial charge in [0.1, 0.15) is 5.82 Å². The average Bonchev–Trinajstić information content (AvgIpc) is 2.96. The summed E-state index contributed by atoms with van der Waals surface area (Å²) in [7, 11) is 2.02. The Hall–Kier alpha value is -1.67. The normalized spacial score (nSPS) is 16.1. The Morgan fingerprint density at radius 3 is 2.91 bits per heavy atom. The summed E-state index contributed by atoms with van der Waals surface area (Å²) >= 11 is 3.19. The van der Waals surface area contributed by atoms with Gasteiger partial charge in [-0.2, -0.15) is 0 Å². The van der Waals surface area contributed by atoms with E-state index in [1.165, 1.54) is 12.8 Å². The first kappa shape index (κ1) is 14.0. The van der Waals surface area contributed by atoms with E-state index in [2.05, 4.69) is 25.0 Å². The minimum atomic E-state index is 0.0381. The standard InChI is InChI=1S/C14H15N5OS2/c1-8(12-16-17-13(20-12)10-4-3-7-21-10)22-14-18-15-11(19(14)2)9-5-6-9/h3-4,7-9H,5-6H2,1-2H3. The van der Waals surface area contributed by atoms with Crippen molar-refractivity contribution >= 4 is 23.1 Å². The van der Waals surface area contributed by atoms with E-state index < -0.39 is 0 Å². The fourth-order valence-corrected chi connectivity index (χ4v) is 3.73. The summed E-state index contributed by atoms with van der Waals surface area (Å²) in [5.41, 5.74) is 0. The largest absolute Gasteiger partial charge is 0.419 e. The van der Waals surface area contributed by atoms with Gasteiger partial charge in [-0.05, 0) is 31.2 Å². The second-order valence-corrected chi connectivity index (χ2v) is 7.61. The van der Waals surface area contributed by atoms with Crippen molar-refractivity contribution in [3.05, 3.63) is 29.2 Å². The van der Waals surface area contributed by atoms with Gasteiger partial charge in [0.05, 0.1) is 10.1 Å². The molecule has 0 bridgehead atoms. The van der Waals surface area contributed by atoms with E-state index in [4.69, 9.17) is 4.42 Å². The molecular formula is C14H15N5OS2. The fraction of sp³-hybridized carbons (Fsp3) is 0.429. The van der Waals surface area contributed by atoms with Crippen LogP contribution in [0.4, 0.5) is 0 Å². The molecule has 6 nitrogen and oxygen atoms in total. The van der Waals surface area contributed by atoms with Gasteiger partial charge >= 0.3 is 0 Å². The van der Waals surface area contributed by atoms with Gasteiger partial charge in [0.2, 0.25) is 5.89 Å². The van der Waals surface area contributed by atoms with Crippen LogP contribution in [0.5, 0.6) is 0 Å². The van der Waals surface area contributed by atoms with Crippen LogP contribution in [0.3, 0.4) is 0 Å². The maximum atomic E-state index is 5.78. The Balaban J connectivity index is 1.51. The second kappa shape index (κ2) is 5.51. The molecule has 0 aliphatic heterocycles. The zero-order valence-corrected chi connectivity index (χ0v) is 13.9. The summed E-state index contributed by atoms with van der Waals surface area (Å²) < 4.78 is 7.86. The predicted molar refractivity (Wildman–Crippen MR) is 84.9 cm³/mol. The average molecular weight is 333 g/mol. The molecule has 1 fully saturated rings. The highest BCUT2D eigenvalue weighted by atomic mass is 32.2. The summed E-state index contributed by atoms with van der Waals surface area (Å²) in [5.74, 6) is 2.87. The van der Waals surface area contributed by atoms with E-state index in [-0.39, 0.29) is 5.25 Å². The van der Waals surface area contributed by atoms with E-state index in [0.29, 0.717) is 17.7 Å². The Morgan fingerprint density at radius 2 is 2.18 bits per heavy atom. The lowest BCUT2D eigenvalue weighted by atomic mass is 10.4. The molecule has 1 unspecified atom stereocenters. The fourth-order valence-electron chi connectivity index (χ4n) is 2.23. The van der Waals surface area contributed by atoms with Crippen molar-refractivity contribution in [1.29, 1.82) is 0 Å². The Kier molecular flexibility index (Phi) is 3.50. The summed E-state index contributed by atoms with van der Waals surface area (Å²) in [6, 6.07) is 3.95. The van der Waals surface area contributed by atoms with Crippen LogP contribution < -0.4 is 0 Å². The molecule has 1 saturated carbocycles. The first-order valence-electron chi connectivity index (χ1n) is 7.15. The number of thiophene rings is 1. The smallest absolute Gasteiger partial charge is 0.257 e.